The van der Waals surface area contributed by atoms with E-state index in [2.05, 4.69) is 33.9 Å². The maximum atomic E-state index is 11.7. The largest absolute Gasteiger partial charge is 0.414 e. The average Bonchev–Trinajstić information content (AvgIpc) is 2.20. The molecule has 0 radical (unpaired) electrons. The predicted octanol–water partition coefficient (Wildman–Crippen LogP) is 3.30. The van der Waals surface area contributed by atoms with Gasteiger partial charge >= 0.3 is 0 Å². The summed E-state index contributed by atoms with van der Waals surface area (Å²) < 4.78 is 34.9. The average molecular weight is 309 g/mol. The molecule has 0 atom stereocenters. The van der Waals surface area contributed by atoms with Gasteiger partial charge in [-0.25, -0.2) is 0 Å². The normalized spacial score (nSPS) is 20.1. The van der Waals surface area contributed by atoms with Crippen molar-refractivity contribution in [1.82, 2.24) is 0 Å². The van der Waals surface area contributed by atoms with E-state index in [9.17, 15) is 8.42 Å². The molecule has 0 bridgehead atoms. The van der Waals surface area contributed by atoms with Gasteiger partial charge in [-0.05, 0) is 44.3 Å². The minimum absolute atomic E-state index is 0.0227. The monoisotopic (exact) mass is 308 g/mol. The van der Waals surface area contributed by atoms with E-state index in [1.54, 1.807) is 6.92 Å². The smallest absolute Gasteiger partial charge is 0.267 e. The lowest BCUT2D eigenvalue weighted by molar-refractivity contribution is -0.0422. The molecule has 1 fully saturated rings. The van der Waals surface area contributed by atoms with E-state index in [1.165, 1.54) is 0 Å². The Morgan fingerprint density at radius 2 is 1.74 bits per heavy atom. The summed E-state index contributed by atoms with van der Waals surface area (Å²) in [6, 6.07) is 0. The first-order valence-electron chi connectivity index (χ1n) is 7.00. The molecule has 4 nitrogen and oxygen atoms in total. The summed E-state index contributed by atoms with van der Waals surface area (Å²) in [5.41, 5.74) is -0.593. The molecule has 0 N–H and O–H groups in total. The van der Waals surface area contributed by atoms with Crippen molar-refractivity contribution in [3.8, 4) is 0 Å². The van der Waals surface area contributed by atoms with Crippen molar-refractivity contribution in [2.45, 2.75) is 70.7 Å². The second-order valence-corrected chi connectivity index (χ2v) is 13.7. The van der Waals surface area contributed by atoms with Gasteiger partial charge in [-0.3, -0.25) is 4.18 Å². The third-order valence-corrected chi connectivity index (χ3v) is 10.2. The zero-order valence-corrected chi connectivity index (χ0v) is 14.9. The molecule has 0 aromatic carbocycles. The van der Waals surface area contributed by atoms with Crippen LogP contribution < -0.4 is 0 Å². The van der Waals surface area contributed by atoms with Crippen LogP contribution in [0.3, 0.4) is 0 Å². The minimum Gasteiger partial charge on any atom is -0.414 e. The molecule has 1 rings (SSSR count). The topological polar surface area (TPSA) is 52.6 Å². The van der Waals surface area contributed by atoms with E-state index in [0.717, 1.165) is 19.3 Å². The van der Waals surface area contributed by atoms with Crippen molar-refractivity contribution in [3.63, 3.8) is 0 Å². The Kier molecular flexibility index (Phi) is 4.93. The van der Waals surface area contributed by atoms with Crippen LogP contribution in [-0.4, -0.2) is 34.7 Å². The highest BCUT2D eigenvalue weighted by Gasteiger charge is 2.45. The van der Waals surface area contributed by atoms with Crippen LogP contribution in [0.15, 0.2) is 0 Å². The number of hydrogen-bond donors (Lipinski definition) is 0. The summed E-state index contributed by atoms with van der Waals surface area (Å²) in [6.07, 6.45) is 2.57. The van der Waals surface area contributed by atoms with Gasteiger partial charge in [0.25, 0.3) is 10.1 Å². The third kappa shape index (κ3) is 4.28. The molecule has 0 amide bonds. The van der Waals surface area contributed by atoms with Gasteiger partial charge in [0, 0.05) is 0 Å². The first kappa shape index (κ1) is 17.1. The zero-order chi connectivity index (χ0) is 14.9. The summed E-state index contributed by atoms with van der Waals surface area (Å²) in [4.78, 5) is 0. The zero-order valence-electron chi connectivity index (χ0n) is 13.1. The molecule has 0 unspecified atom stereocenters. The molecule has 114 valence electrons. The van der Waals surface area contributed by atoms with Gasteiger partial charge in [0.15, 0.2) is 8.32 Å². The van der Waals surface area contributed by atoms with Crippen molar-refractivity contribution >= 4 is 18.4 Å². The quantitative estimate of drug-likeness (QED) is 0.558. The fourth-order valence-corrected chi connectivity index (χ4v) is 3.61. The van der Waals surface area contributed by atoms with E-state index in [-0.39, 0.29) is 10.8 Å². The van der Waals surface area contributed by atoms with E-state index < -0.39 is 24.0 Å². The predicted molar refractivity (Wildman–Crippen MR) is 80.3 cm³/mol. The fourth-order valence-electron chi connectivity index (χ4n) is 1.68. The number of rotatable bonds is 6. The Bertz CT molecular complexity index is 405. The van der Waals surface area contributed by atoms with Gasteiger partial charge in [-0.1, -0.05) is 20.8 Å². The summed E-state index contributed by atoms with van der Waals surface area (Å²) in [5, 5.41) is 0.127. The van der Waals surface area contributed by atoms with Crippen molar-refractivity contribution in [1.29, 1.82) is 0 Å². The van der Waals surface area contributed by atoms with Crippen LogP contribution in [0.5, 0.6) is 0 Å². The van der Waals surface area contributed by atoms with Gasteiger partial charge in [0.1, 0.15) is 5.60 Å². The highest BCUT2D eigenvalue weighted by molar-refractivity contribution is 7.86. The minimum atomic E-state index is -3.41. The van der Waals surface area contributed by atoms with Gasteiger partial charge in [-0.15, -0.1) is 0 Å². The van der Waals surface area contributed by atoms with Gasteiger partial charge in [-0.2, -0.15) is 8.42 Å². The lowest BCUT2D eigenvalue weighted by Gasteiger charge is -2.44. The van der Waals surface area contributed by atoms with Crippen LogP contribution >= 0.6 is 0 Å². The summed E-state index contributed by atoms with van der Waals surface area (Å²) in [6.45, 7) is 12.9. The number of hydrogen-bond acceptors (Lipinski definition) is 4. The molecule has 1 aliphatic rings. The molecular formula is C13H28O4SSi. The Labute approximate surface area is 119 Å². The van der Waals surface area contributed by atoms with Crippen molar-refractivity contribution in [2.75, 3.05) is 12.4 Å². The molecule has 0 aliphatic heterocycles. The molecule has 1 aliphatic carbocycles. The van der Waals surface area contributed by atoms with Crippen LogP contribution in [0.4, 0.5) is 0 Å². The molecule has 0 heterocycles. The van der Waals surface area contributed by atoms with Crippen LogP contribution in [0.1, 0.15) is 47.0 Å². The standard InChI is InChI=1S/C13H28O4SSi/c1-7-18(14,15)17-13(9-8-10-13)11-16-19(5,6)12(2,3)4/h7-11H2,1-6H3. The Morgan fingerprint density at radius 1 is 1.21 bits per heavy atom. The summed E-state index contributed by atoms with van der Waals surface area (Å²) in [7, 11) is -5.26. The molecule has 6 heteroatoms. The molecule has 0 aromatic rings. The van der Waals surface area contributed by atoms with Gasteiger partial charge in [0.2, 0.25) is 0 Å². The van der Waals surface area contributed by atoms with Gasteiger partial charge in [0.05, 0.1) is 12.4 Å². The van der Waals surface area contributed by atoms with Crippen LogP contribution in [0.2, 0.25) is 18.1 Å². The highest BCUT2D eigenvalue weighted by Crippen LogP contribution is 2.41. The molecule has 0 saturated heterocycles. The molecule has 0 spiro atoms. The maximum absolute atomic E-state index is 11.7. The summed E-state index contributed by atoms with van der Waals surface area (Å²) in [5.74, 6) is 0.0227. The van der Waals surface area contributed by atoms with E-state index >= 15 is 0 Å². The SMILES string of the molecule is CCS(=O)(=O)OC1(CO[Si](C)(C)C(C)(C)C)CCC1. The fraction of sp³-hybridized carbons (Fsp3) is 1.00. The van der Waals surface area contributed by atoms with Crippen molar-refractivity contribution < 1.29 is 17.0 Å². The third-order valence-electron chi connectivity index (χ3n) is 4.42. The van der Waals surface area contributed by atoms with Crippen molar-refractivity contribution in [2.24, 2.45) is 0 Å². The second-order valence-electron chi connectivity index (χ2n) is 7.02. The first-order valence-corrected chi connectivity index (χ1v) is 11.5. The summed E-state index contributed by atoms with van der Waals surface area (Å²) >= 11 is 0. The van der Waals surface area contributed by atoms with Gasteiger partial charge < -0.3 is 4.43 Å². The molecular weight excluding hydrogens is 280 g/mol. The Hall–Kier alpha value is 0.0869. The Balaban J connectivity index is 2.69. The van der Waals surface area contributed by atoms with Crippen molar-refractivity contribution in [3.05, 3.63) is 0 Å². The van der Waals surface area contributed by atoms with E-state index in [0.29, 0.717) is 6.61 Å². The Morgan fingerprint density at radius 3 is 2.05 bits per heavy atom. The van der Waals surface area contributed by atoms with Crippen LogP contribution in [-0.2, 0) is 18.7 Å². The highest BCUT2D eigenvalue weighted by atomic mass is 32.2. The lowest BCUT2D eigenvalue weighted by Crippen LogP contribution is -2.51. The molecule has 0 aromatic heterocycles. The van der Waals surface area contributed by atoms with E-state index in [1.807, 2.05) is 0 Å². The maximum Gasteiger partial charge on any atom is 0.267 e. The first-order chi connectivity index (χ1) is 8.43. The lowest BCUT2D eigenvalue weighted by atomic mass is 9.81. The molecule has 1 saturated carbocycles. The van der Waals surface area contributed by atoms with Crippen LogP contribution in [0, 0.1) is 0 Å². The van der Waals surface area contributed by atoms with Crippen LogP contribution in [0.25, 0.3) is 0 Å². The second kappa shape index (κ2) is 5.46. The molecule has 19 heavy (non-hydrogen) atoms. The van der Waals surface area contributed by atoms with E-state index in [4.69, 9.17) is 8.61 Å².